The fourth-order valence-electron chi connectivity index (χ4n) is 3.17. The predicted octanol–water partition coefficient (Wildman–Crippen LogP) is 3.65. The predicted molar refractivity (Wildman–Crippen MR) is 81.0 cm³/mol. The van der Waals surface area contributed by atoms with Crippen LogP contribution in [0.3, 0.4) is 0 Å². The summed E-state index contributed by atoms with van der Waals surface area (Å²) >= 11 is 0. The van der Waals surface area contributed by atoms with E-state index in [0.717, 1.165) is 17.4 Å². The lowest BCUT2D eigenvalue weighted by Gasteiger charge is -2.32. The lowest BCUT2D eigenvalue weighted by Crippen LogP contribution is -2.32. The summed E-state index contributed by atoms with van der Waals surface area (Å²) in [5.41, 5.74) is 1.08. The molecule has 0 spiro atoms. The monoisotopic (exact) mass is 270 g/mol. The number of nitrogens with zero attached hydrogens (tertiary/aromatic N) is 3. The summed E-state index contributed by atoms with van der Waals surface area (Å²) in [5.74, 6) is 1.66. The SMILES string of the molecule is CCC1CCCCC1Nc1cccnc1-n1cccn1. The Hall–Kier alpha value is -1.84. The van der Waals surface area contributed by atoms with Crippen LogP contribution in [0, 0.1) is 5.92 Å². The third-order valence-electron chi connectivity index (χ3n) is 4.28. The Morgan fingerprint density at radius 3 is 2.95 bits per heavy atom. The van der Waals surface area contributed by atoms with Gasteiger partial charge in [0.1, 0.15) is 0 Å². The second-order valence-corrected chi connectivity index (χ2v) is 5.53. The summed E-state index contributed by atoms with van der Waals surface area (Å²) < 4.78 is 1.83. The molecule has 2 unspecified atom stereocenters. The van der Waals surface area contributed by atoms with Gasteiger partial charge in [-0.2, -0.15) is 5.10 Å². The maximum absolute atomic E-state index is 4.48. The van der Waals surface area contributed by atoms with Gasteiger partial charge < -0.3 is 5.32 Å². The number of rotatable bonds is 4. The van der Waals surface area contributed by atoms with Gasteiger partial charge in [-0.15, -0.1) is 0 Å². The Balaban J connectivity index is 1.83. The molecule has 0 amide bonds. The molecule has 4 heteroatoms. The molecule has 3 rings (SSSR count). The zero-order chi connectivity index (χ0) is 13.8. The molecule has 0 aliphatic heterocycles. The Labute approximate surface area is 120 Å². The van der Waals surface area contributed by atoms with Gasteiger partial charge >= 0.3 is 0 Å². The highest BCUT2D eigenvalue weighted by Gasteiger charge is 2.24. The van der Waals surface area contributed by atoms with Gasteiger partial charge in [0.15, 0.2) is 5.82 Å². The summed E-state index contributed by atoms with van der Waals surface area (Å²) in [4.78, 5) is 4.48. The van der Waals surface area contributed by atoms with Crippen LogP contribution in [0.25, 0.3) is 5.82 Å². The van der Waals surface area contributed by atoms with Gasteiger partial charge in [-0.1, -0.05) is 26.2 Å². The van der Waals surface area contributed by atoms with Crippen molar-refractivity contribution in [3.8, 4) is 5.82 Å². The molecule has 106 valence electrons. The molecule has 2 heterocycles. The first-order valence-electron chi connectivity index (χ1n) is 7.60. The molecule has 1 aliphatic rings. The zero-order valence-corrected chi connectivity index (χ0v) is 12.0. The van der Waals surface area contributed by atoms with Crippen molar-refractivity contribution in [2.75, 3.05) is 5.32 Å². The van der Waals surface area contributed by atoms with Crippen molar-refractivity contribution in [3.63, 3.8) is 0 Å². The first-order chi connectivity index (χ1) is 9.88. The fourth-order valence-corrected chi connectivity index (χ4v) is 3.17. The molecule has 1 fully saturated rings. The molecule has 1 N–H and O–H groups in total. The minimum absolute atomic E-state index is 0.562. The van der Waals surface area contributed by atoms with E-state index in [0.29, 0.717) is 6.04 Å². The molecular weight excluding hydrogens is 248 g/mol. The maximum atomic E-state index is 4.48. The highest BCUT2D eigenvalue weighted by Crippen LogP contribution is 2.30. The first kappa shape index (κ1) is 13.2. The normalized spacial score (nSPS) is 22.6. The van der Waals surface area contributed by atoms with Crippen LogP contribution in [0.4, 0.5) is 5.69 Å². The number of nitrogens with one attached hydrogen (secondary N) is 1. The van der Waals surface area contributed by atoms with Gasteiger partial charge in [0.05, 0.1) is 5.69 Å². The summed E-state index contributed by atoms with van der Waals surface area (Å²) in [6.45, 7) is 2.29. The maximum Gasteiger partial charge on any atom is 0.176 e. The van der Waals surface area contributed by atoms with E-state index >= 15 is 0 Å². The topological polar surface area (TPSA) is 42.7 Å². The largest absolute Gasteiger partial charge is 0.379 e. The van der Waals surface area contributed by atoms with E-state index in [1.165, 1.54) is 32.1 Å². The fraction of sp³-hybridized carbons (Fsp3) is 0.500. The molecule has 0 aromatic carbocycles. The summed E-state index contributed by atoms with van der Waals surface area (Å²) in [6.07, 6.45) is 12.1. The average Bonchev–Trinajstić information content (AvgIpc) is 3.02. The van der Waals surface area contributed by atoms with Crippen LogP contribution < -0.4 is 5.32 Å². The highest BCUT2D eigenvalue weighted by atomic mass is 15.3. The molecule has 4 nitrogen and oxygen atoms in total. The van der Waals surface area contributed by atoms with Crippen molar-refractivity contribution in [1.29, 1.82) is 0 Å². The summed E-state index contributed by atoms with van der Waals surface area (Å²) in [7, 11) is 0. The Morgan fingerprint density at radius 2 is 2.15 bits per heavy atom. The summed E-state index contributed by atoms with van der Waals surface area (Å²) in [6, 6.07) is 6.57. The Kier molecular flexibility index (Phi) is 4.00. The van der Waals surface area contributed by atoms with E-state index in [4.69, 9.17) is 0 Å². The lowest BCUT2D eigenvalue weighted by atomic mass is 9.83. The van der Waals surface area contributed by atoms with Crippen molar-refractivity contribution < 1.29 is 0 Å². The van der Waals surface area contributed by atoms with E-state index < -0.39 is 0 Å². The van der Waals surface area contributed by atoms with Gasteiger partial charge in [-0.3, -0.25) is 0 Å². The molecular formula is C16H22N4. The molecule has 2 aromatic rings. The second kappa shape index (κ2) is 6.07. The zero-order valence-electron chi connectivity index (χ0n) is 12.0. The van der Waals surface area contributed by atoms with Crippen molar-refractivity contribution in [1.82, 2.24) is 14.8 Å². The second-order valence-electron chi connectivity index (χ2n) is 5.53. The van der Waals surface area contributed by atoms with E-state index in [1.807, 2.05) is 29.2 Å². The van der Waals surface area contributed by atoms with Gasteiger partial charge in [-0.25, -0.2) is 9.67 Å². The van der Waals surface area contributed by atoms with Gasteiger partial charge in [-0.05, 0) is 37.0 Å². The van der Waals surface area contributed by atoms with Crippen LogP contribution in [0.15, 0.2) is 36.8 Å². The van der Waals surface area contributed by atoms with Crippen molar-refractivity contribution >= 4 is 5.69 Å². The minimum atomic E-state index is 0.562. The number of pyridine rings is 1. The smallest absolute Gasteiger partial charge is 0.176 e. The Bertz CT molecular complexity index is 535. The van der Waals surface area contributed by atoms with Gasteiger partial charge in [0.25, 0.3) is 0 Å². The summed E-state index contributed by atoms with van der Waals surface area (Å²) in [5, 5.41) is 8.01. The quantitative estimate of drug-likeness (QED) is 0.922. The number of anilines is 1. The minimum Gasteiger partial charge on any atom is -0.379 e. The van der Waals surface area contributed by atoms with Crippen LogP contribution in [0.5, 0.6) is 0 Å². The van der Waals surface area contributed by atoms with Crippen LogP contribution in [-0.4, -0.2) is 20.8 Å². The number of hydrogen-bond acceptors (Lipinski definition) is 3. The number of hydrogen-bond donors (Lipinski definition) is 1. The first-order valence-corrected chi connectivity index (χ1v) is 7.60. The molecule has 1 saturated carbocycles. The van der Waals surface area contributed by atoms with Crippen LogP contribution >= 0.6 is 0 Å². The number of aromatic nitrogens is 3. The third-order valence-corrected chi connectivity index (χ3v) is 4.28. The van der Waals surface area contributed by atoms with Gasteiger partial charge in [0, 0.05) is 24.6 Å². The Morgan fingerprint density at radius 1 is 1.25 bits per heavy atom. The average molecular weight is 270 g/mol. The molecule has 0 saturated heterocycles. The molecule has 0 radical (unpaired) electrons. The molecule has 2 aromatic heterocycles. The molecule has 1 aliphatic carbocycles. The van der Waals surface area contributed by atoms with Crippen LogP contribution in [0.2, 0.25) is 0 Å². The van der Waals surface area contributed by atoms with E-state index in [-0.39, 0.29) is 0 Å². The van der Waals surface area contributed by atoms with Crippen LogP contribution in [0.1, 0.15) is 39.0 Å². The standard InChI is InChI=1S/C16H22N4/c1-2-13-7-3-4-8-14(13)19-15-9-5-10-17-16(15)20-12-6-11-18-20/h5-6,9-14,19H,2-4,7-8H2,1H3. The van der Waals surface area contributed by atoms with Gasteiger partial charge in [0.2, 0.25) is 0 Å². The van der Waals surface area contributed by atoms with Crippen molar-refractivity contribution in [3.05, 3.63) is 36.8 Å². The van der Waals surface area contributed by atoms with E-state index in [9.17, 15) is 0 Å². The highest BCUT2D eigenvalue weighted by molar-refractivity contribution is 5.56. The van der Waals surface area contributed by atoms with Crippen molar-refractivity contribution in [2.45, 2.75) is 45.1 Å². The van der Waals surface area contributed by atoms with Crippen LogP contribution in [-0.2, 0) is 0 Å². The molecule has 20 heavy (non-hydrogen) atoms. The third kappa shape index (κ3) is 2.69. The molecule has 0 bridgehead atoms. The molecule has 2 atom stereocenters. The lowest BCUT2D eigenvalue weighted by molar-refractivity contribution is 0.317. The van der Waals surface area contributed by atoms with E-state index in [2.05, 4.69) is 28.4 Å². The van der Waals surface area contributed by atoms with Crippen molar-refractivity contribution in [2.24, 2.45) is 5.92 Å². The van der Waals surface area contributed by atoms with E-state index in [1.54, 1.807) is 6.20 Å².